The first kappa shape index (κ1) is 22.2. The summed E-state index contributed by atoms with van der Waals surface area (Å²) in [6.07, 6.45) is 0.654. The van der Waals surface area contributed by atoms with E-state index < -0.39 is 17.3 Å². The summed E-state index contributed by atoms with van der Waals surface area (Å²) in [7, 11) is 0. The van der Waals surface area contributed by atoms with Crippen LogP contribution in [0.25, 0.3) is 0 Å². The molecule has 0 aliphatic carbocycles. The minimum Gasteiger partial charge on any atom is -0.355 e. The minimum atomic E-state index is -0.535. The van der Waals surface area contributed by atoms with Gasteiger partial charge in [0, 0.05) is 12.6 Å². The van der Waals surface area contributed by atoms with Gasteiger partial charge in [0.15, 0.2) is 5.16 Å². The molecule has 9 heteroatoms. The second-order valence-electron chi connectivity index (χ2n) is 6.62. The van der Waals surface area contributed by atoms with Crippen molar-refractivity contribution < 1.29 is 14.0 Å². The maximum absolute atomic E-state index is 13.6. The van der Waals surface area contributed by atoms with Gasteiger partial charge in [0.25, 0.3) is 5.56 Å². The number of benzene rings is 2. The Bertz CT molecular complexity index is 1110. The molecule has 0 saturated heterocycles. The highest BCUT2D eigenvalue weighted by atomic mass is 32.2. The Labute approximate surface area is 182 Å². The van der Waals surface area contributed by atoms with E-state index in [0.717, 1.165) is 17.3 Å². The highest BCUT2D eigenvalue weighted by molar-refractivity contribution is 7.99. The molecule has 2 aromatic carbocycles. The van der Waals surface area contributed by atoms with Crippen LogP contribution in [0.4, 0.5) is 10.1 Å². The Balaban J connectivity index is 1.50. The van der Waals surface area contributed by atoms with E-state index in [1.165, 1.54) is 24.3 Å². The molecule has 0 radical (unpaired) electrons. The number of carbonyl (C=O) groups excluding carboxylic acids is 2. The fraction of sp³-hybridized carbons (Fsp3) is 0.182. The molecule has 3 rings (SSSR count). The van der Waals surface area contributed by atoms with E-state index in [1.54, 1.807) is 6.07 Å². The van der Waals surface area contributed by atoms with Gasteiger partial charge in [-0.25, -0.2) is 9.37 Å². The number of aromatic nitrogens is 2. The fourth-order valence-electron chi connectivity index (χ4n) is 2.74. The summed E-state index contributed by atoms with van der Waals surface area (Å²) in [6.45, 7) is 0.476. The molecule has 3 N–H and O–H groups in total. The van der Waals surface area contributed by atoms with Gasteiger partial charge >= 0.3 is 0 Å². The summed E-state index contributed by atoms with van der Waals surface area (Å²) < 4.78 is 13.6. The van der Waals surface area contributed by atoms with Gasteiger partial charge in [-0.15, -0.1) is 0 Å². The van der Waals surface area contributed by atoms with E-state index in [2.05, 4.69) is 20.6 Å². The molecule has 7 nitrogen and oxygen atoms in total. The average molecular weight is 441 g/mol. The number of para-hydroxylation sites is 1. The van der Waals surface area contributed by atoms with Crippen LogP contribution in [0.3, 0.4) is 0 Å². The molecule has 0 aliphatic heterocycles. The predicted octanol–water partition coefficient (Wildman–Crippen LogP) is 2.54. The zero-order valence-electron chi connectivity index (χ0n) is 16.6. The number of aromatic amines is 1. The standard InChI is InChI=1S/C22H21FN4O3S/c23-17-8-4-5-9-18(17)26-21(30)14-31-22-25-16(13-20(29)27-22)12-19(28)24-11-10-15-6-2-1-3-7-15/h1-9,13H,10-12,14H2,(H,24,28)(H,26,30)(H,25,27,29). The SMILES string of the molecule is O=C(Cc1cc(=O)[nH]c(SCC(=O)Nc2ccccc2F)n1)NCCc1ccccc1. The molecule has 0 spiro atoms. The first-order valence-corrected chi connectivity index (χ1v) is 10.6. The van der Waals surface area contributed by atoms with E-state index in [9.17, 15) is 18.8 Å². The van der Waals surface area contributed by atoms with Crippen molar-refractivity contribution in [3.05, 3.63) is 88.1 Å². The summed E-state index contributed by atoms with van der Waals surface area (Å²) >= 11 is 0.991. The van der Waals surface area contributed by atoms with Crippen LogP contribution >= 0.6 is 11.8 Å². The number of thioether (sulfide) groups is 1. The first-order valence-electron chi connectivity index (χ1n) is 9.57. The number of rotatable bonds is 9. The number of amides is 2. The molecule has 1 heterocycles. The molecule has 0 atom stereocenters. The van der Waals surface area contributed by atoms with Gasteiger partial charge < -0.3 is 15.6 Å². The number of hydrogen-bond acceptors (Lipinski definition) is 5. The molecule has 3 aromatic rings. The highest BCUT2D eigenvalue weighted by Gasteiger charge is 2.11. The first-order chi connectivity index (χ1) is 15.0. The number of carbonyl (C=O) groups is 2. The van der Waals surface area contributed by atoms with Gasteiger partial charge in [-0.05, 0) is 24.1 Å². The van der Waals surface area contributed by atoms with Crippen molar-refractivity contribution in [2.75, 3.05) is 17.6 Å². The topological polar surface area (TPSA) is 104 Å². The Kier molecular flexibility index (Phi) is 7.94. The van der Waals surface area contributed by atoms with Crippen molar-refractivity contribution >= 4 is 29.3 Å². The Morgan fingerprint density at radius 2 is 1.77 bits per heavy atom. The second-order valence-corrected chi connectivity index (χ2v) is 7.58. The minimum absolute atomic E-state index is 0.0479. The molecule has 0 unspecified atom stereocenters. The van der Waals surface area contributed by atoms with E-state index in [0.29, 0.717) is 18.7 Å². The normalized spacial score (nSPS) is 10.5. The zero-order valence-corrected chi connectivity index (χ0v) is 17.4. The maximum Gasteiger partial charge on any atom is 0.251 e. The van der Waals surface area contributed by atoms with Crippen LogP contribution < -0.4 is 16.2 Å². The molecule has 1 aromatic heterocycles. The molecular weight excluding hydrogens is 419 g/mol. The summed E-state index contributed by atoms with van der Waals surface area (Å²) in [5.74, 6) is -1.30. The third-order valence-corrected chi connectivity index (χ3v) is 5.05. The molecule has 31 heavy (non-hydrogen) atoms. The molecule has 2 amide bonds. The summed E-state index contributed by atoms with van der Waals surface area (Å²) in [4.78, 5) is 42.8. The monoisotopic (exact) mass is 440 g/mol. The third-order valence-electron chi connectivity index (χ3n) is 4.18. The molecule has 0 bridgehead atoms. The van der Waals surface area contributed by atoms with Gasteiger partial charge in [0.2, 0.25) is 11.8 Å². The smallest absolute Gasteiger partial charge is 0.251 e. The summed E-state index contributed by atoms with van der Waals surface area (Å²) in [5.41, 5.74) is 1.08. The number of nitrogens with zero attached hydrogens (tertiary/aromatic N) is 1. The van der Waals surface area contributed by atoms with E-state index >= 15 is 0 Å². The van der Waals surface area contributed by atoms with Crippen LogP contribution in [0, 0.1) is 5.82 Å². The van der Waals surface area contributed by atoms with Gasteiger partial charge in [-0.1, -0.05) is 54.2 Å². The van der Waals surface area contributed by atoms with Crippen molar-refractivity contribution in [3.8, 4) is 0 Å². The lowest BCUT2D eigenvalue weighted by molar-refractivity contribution is -0.120. The van der Waals surface area contributed by atoms with Crippen LogP contribution in [0.2, 0.25) is 0 Å². The Morgan fingerprint density at radius 3 is 2.55 bits per heavy atom. The van der Waals surface area contributed by atoms with Crippen molar-refractivity contribution in [1.29, 1.82) is 0 Å². The largest absolute Gasteiger partial charge is 0.355 e. The summed E-state index contributed by atoms with van der Waals surface area (Å²) in [5, 5.41) is 5.47. The van der Waals surface area contributed by atoms with Crippen LogP contribution in [-0.4, -0.2) is 34.1 Å². The number of anilines is 1. The van der Waals surface area contributed by atoms with Crippen molar-refractivity contribution in [2.45, 2.75) is 18.0 Å². The van der Waals surface area contributed by atoms with E-state index in [-0.39, 0.29) is 28.9 Å². The Hall–Kier alpha value is -3.46. The van der Waals surface area contributed by atoms with Gasteiger partial charge in [-0.3, -0.25) is 14.4 Å². The quantitative estimate of drug-likeness (QED) is 0.350. The molecule has 0 fully saturated rings. The van der Waals surface area contributed by atoms with Crippen LogP contribution in [-0.2, 0) is 22.4 Å². The summed E-state index contributed by atoms with van der Waals surface area (Å²) in [6, 6.07) is 16.9. The van der Waals surface area contributed by atoms with Crippen LogP contribution in [0.5, 0.6) is 0 Å². The lowest BCUT2D eigenvalue weighted by atomic mass is 10.1. The molecule has 160 valence electrons. The third kappa shape index (κ3) is 7.38. The lowest BCUT2D eigenvalue weighted by Gasteiger charge is -2.07. The predicted molar refractivity (Wildman–Crippen MR) is 117 cm³/mol. The number of hydrogen-bond donors (Lipinski definition) is 3. The van der Waals surface area contributed by atoms with Crippen LogP contribution in [0.1, 0.15) is 11.3 Å². The van der Waals surface area contributed by atoms with Crippen molar-refractivity contribution in [1.82, 2.24) is 15.3 Å². The molecular formula is C22H21FN4O3S. The van der Waals surface area contributed by atoms with E-state index in [4.69, 9.17) is 0 Å². The maximum atomic E-state index is 13.6. The van der Waals surface area contributed by atoms with Crippen molar-refractivity contribution in [3.63, 3.8) is 0 Å². The Morgan fingerprint density at radius 1 is 1.03 bits per heavy atom. The van der Waals surface area contributed by atoms with Crippen LogP contribution in [0.15, 0.2) is 70.6 Å². The molecule has 0 aliphatic rings. The fourth-order valence-corrected chi connectivity index (χ4v) is 3.44. The lowest BCUT2D eigenvalue weighted by Crippen LogP contribution is -2.28. The second kappa shape index (κ2) is 11.1. The molecule has 0 saturated carbocycles. The number of H-pyrrole nitrogens is 1. The van der Waals surface area contributed by atoms with Gasteiger partial charge in [0.05, 0.1) is 23.6 Å². The van der Waals surface area contributed by atoms with Crippen molar-refractivity contribution in [2.24, 2.45) is 0 Å². The number of nitrogens with one attached hydrogen (secondary N) is 3. The number of halogens is 1. The zero-order chi connectivity index (χ0) is 22.1. The highest BCUT2D eigenvalue weighted by Crippen LogP contribution is 2.15. The van der Waals surface area contributed by atoms with Gasteiger partial charge in [-0.2, -0.15) is 0 Å². The van der Waals surface area contributed by atoms with Gasteiger partial charge in [0.1, 0.15) is 5.82 Å². The average Bonchev–Trinajstić information content (AvgIpc) is 2.74. The van der Waals surface area contributed by atoms with E-state index in [1.807, 2.05) is 30.3 Å².